The van der Waals surface area contributed by atoms with Gasteiger partial charge < -0.3 is 14.9 Å². The van der Waals surface area contributed by atoms with Crippen molar-refractivity contribution >= 4 is 22.7 Å². The van der Waals surface area contributed by atoms with Crippen molar-refractivity contribution < 1.29 is 9.15 Å². The SMILES string of the molecule is Cc1cc(Cl)cc2nc(C3(C)COCC3N)oc12. The first-order valence-corrected chi connectivity index (χ1v) is 6.29. The molecule has 2 aromatic rings. The van der Waals surface area contributed by atoms with Crippen LogP contribution in [0.4, 0.5) is 0 Å². The summed E-state index contributed by atoms with van der Waals surface area (Å²) in [5.74, 6) is 0.632. The van der Waals surface area contributed by atoms with Gasteiger partial charge in [0, 0.05) is 11.1 Å². The smallest absolute Gasteiger partial charge is 0.205 e. The third-order valence-electron chi connectivity index (χ3n) is 3.65. The highest BCUT2D eigenvalue weighted by Gasteiger charge is 2.43. The first kappa shape index (κ1) is 12.0. The van der Waals surface area contributed by atoms with Gasteiger partial charge in [-0.2, -0.15) is 0 Å². The Kier molecular flexibility index (Phi) is 2.62. The summed E-state index contributed by atoms with van der Waals surface area (Å²) in [5, 5.41) is 0.664. The number of hydrogen-bond donors (Lipinski definition) is 1. The number of rotatable bonds is 1. The lowest BCUT2D eigenvalue weighted by Crippen LogP contribution is -2.42. The summed E-state index contributed by atoms with van der Waals surface area (Å²) in [6.45, 7) is 5.05. The van der Waals surface area contributed by atoms with Crippen LogP contribution in [-0.4, -0.2) is 24.2 Å². The van der Waals surface area contributed by atoms with E-state index in [1.165, 1.54) is 0 Å². The second-order valence-electron chi connectivity index (χ2n) is 5.13. The number of benzene rings is 1. The number of aromatic nitrogens is 1. The van der Waals surface area contributed by atoms with E-state index in [-0.39, 0.29) is 11.5 Å². The quantitative estimate of drug-likeness (QED) is 0.861. The Morgan fingerprint density at radius 3 is 2.94 bits per heavy atom. The van der Waals surface area contributed by atoms with Gasteiger partial charge >= 0.3 is 0 Å². The van der Waals surface area contributed by atoms with Crippen molar-refractivity contribution in [3.63, 3.8) is 0 Å². The van der Waals surface area contributed by atoms with Gasteiger partial charge in [-0.05, 0) is 31.5 Å². The largest absolute Gasteiger partial charge is 0.440 e. The van der Waals surface area contributed by atoms with Crippen LogP contribution in [0.1, 0.15) is 18.4 Å². The Balaban J connectivity index is 2.17. The Morgan fingerprint density at radius 2 is 2.28 bits per heavy atom. The third-order valence-corrected chi connectivity index (χ3v) is 3.87. The lowest BCUT2D eigenvalue weighted by atomic mass is 9.86. The van der Waals surface area contributed by atoms with Gasteiger partial charge in [-0.25, -0.2) is 4.98 Å². The minimum absolute atomic E-state index is 0.0960. The molecule has 1 fully saturated rings. The molecule has 1 saturated heterocycles. The molecule has 0 bridgehead atoms. The van der Waals surface area contributed by atoms with Crippen molar-refractivity contribution in [2.45, 2.75) is 25.3 Å². The van der Waals surface area contributed by atoms with Crippen LogP contribution in [0.15, 0.2) is 16.5 Å². The first-order chi connectivity index (χ1) is 8.50. The normalized spacial score (nSPS) is 28.1. The fraction of sp³-hybridized carbons (Fsp3) is 0.462. The molecule has 0 aliphatic carbocycles. The number of oxazole rings is 1. The van der Waals surface area contributed by atoms with Gasteiger partial charge in [-0.3, -0.25) is 0 Å². The highest BCUT2D eigenvalue weighted by molar-refractivity contribution is 6.31. The monoisotopic (exact) mass is 266 g/mol. The molecule has 3 rings (SSSR count). The molecule has 2 N–H and O–H groups in total. The predicted octanol–water partition coefficient (Wildman–Crippen LogP) is 2.40. The molecule has 0 radical (unpaired) electrons. The van der Waals surface area contributed by atoms with Crippen molar-refractivity contribution in [2.75, 3.05) is 13.2 Å². The molecule has 18 heavy (non-hydrogen) atoms. The second-order valence-corrected chi connectivity index (χ2v) is 5.57. The molecule has 0 saturated carbocycles. The molecular weight excluding hydrogens is 252 g/mol. The maximum absolute atomic E-state index is 6.08. The summed E-state index contributed by atoms with van der Waals surface area (Å²) < 4.78 is 11.3. The minimum Gasteiger partial charge on any atom is -0.440 e. The zero-order valence-electron chi connectivity index (χ0n) is 10.4. The van der Waals surface area contributed by atoms with Crippen molar-refractivity contribution in [2.24, 2.45) is 5.73 Å². The van der Waals surface area contributed by atoms with Crippen LogP contribution < -0.4 is 5.73 Å². The molecule has 96 valence electrons. The summed E-state index contributed by atoms with van der Waals surface area (Å²) in [4.78, 5) is 4.53. The van der Waals surface area contributed by atoms with Crippen LogP contribution in [0.2, 0.25) is 5.02 Å². The van der Waals surface area contributed by atoms with Crippen molar-refractivity contribution in [3.05, 3.63) is 28.6 Å². The summed E-state index contributed by atoms with van der Waals surface area (Å²) in [7, 11) is 0. The van der Waals surface area contributed by atoms with Crippen LogP contribution in [0.3, 0.4) is 0 Å². The maximum atomic E-state index is 6.08. The molecule has 1 aliphatic heterocycles. The maximum Gasteiger partial charge on any atom is 0.205 e. The van der Waals surface area contributed by atoms with Crippen LogP contribution in [0, 0.1) is 6.92 Å². The highest BCUT2D eigenvalue weighted by atomic mass is 35.5. The zero-order chi connectivity index (χ0) is 12.9. The molecule has 2 heterocycles. The number of nitrogens with two attached hydrogens (primary N) is 1. The molecule has 0 spiro atoms. The average Bonchev–Trinajstić information content (AvgIpc) is 2.85. The fourth-order valence-corrected chi connectivity index (χ4v) is 2.58. The van der Waals surface area contributed by atoms with Crippen LogP contribution in [0.5, 0.6) is 0 Å². The standard InChI is InChI=1S/C13H15ClN2O2/c1-7-3-8(14)4-9-11(7)18-12(16-9)13(2)6-17-5-10(13)15/h3-4,10H,5-6,15H2,1-2H3. The minimum atomic E-state index is -0.363. The number of nitrogens with zero attached hydrogens (tertiary/aromatic N) is 1. The molecule has 1 aliphatic rings. The van der Waals surface area contributed by atoms with Gasteiger partial charge in [0.25, 0.3) is 0 Å². The molecule has 4 nitrogen and oxygen atoms in total. The van der Waals surface area contributed by atoms with E-state index >= 15 is 0 Å². The van der Waals surface area contributed by atoms with E-state index in [0.717, 1.165) is 16.7 Å². The number of ether oxygens (including phenoxy) is 1. The van der Waals surface area contributed by atoms with E-state index in [1.807, 2.05) is 26.0 Å². The topological polar surface area (TPSA) is 61.3 Å². The van der Waals surface area contributed by atoms with E-state index in [9.17, 15) is 0 Å². The van der Waals surface area contributed by atoms with Crippen LogP contribution >= 0.6 is 11.6 Å². The first-order valence-electron chi connectivity index (χ1n) is 5.91. The van der Waals surface area contributed by atoms with Crippen molar-refractivity contribution in [1.82, 2.24) is 4.98 Å². The van der Waals surface area contributed by atoms with Crippen molar-refractivity contribution in [1.29, 1.82) is 0 Å². The molecule has 5 heteroatoms. The Hall–Kier alpha value is -1.10. The lowest BCUT2D eigenvalue weighted by molar-refractivity contribution is 0.173. The van der Waals surface area contributed by atoms with Gasteiger partial charge in [-0.1, -0.05) is 11.6 Å². The molecule has 2 unspecified atom stereocenters. The molecule has 1 aromatic heterocycles. The number of halogens is 1. The Morgan fingerprint density at radius 1 is 1.50 bits per heavy atom. The van der Waals surface area contributed by atoms with Crippen molar-refractivity contribution in [3.8, 4) is 0 Å². The van der Waals surface area contributed by atoms with Gasteiger partial charge in [0.2, 0.25) is 5.89 Å². The van der Waals surface area contributed by atoms with E-state index in [4.69, 9.17) is 26.5 Å². The van der Waals surface area contributed by atoms with Gasteiger partial charge in [0.1, 0.15) is 5.52 Å². The van der Waals surface area contributed by atoms with Crippen LogP contribution in [0.25, 0.3) is 11.1 Å². The molecular formula is C13H15ClN2O2. The number of hydrogen-bond acceptors (Lipinski definition) is 4. The molecule has 1 aromatic carbocycles. The highest BCUT2D eigenvalue weighted by Crippen LogP contribution is 2.34. The van der Waals surface area contributed by atoms with Crippen LogP contribution in [-0.2, 0) is 10.2 Å². The summed E-state index contributed by atoms with van der Waals surface area (Å²) in [6.07, 6.45) is 0. The van der Waals surface area contributed by atoms with Gasteiger partial charge in [0.15, 0.2) is 5.58 Å². The number of fused-ring (bicyclic) bond motifs is 1. The lowest BCUT2D eigenvalue weighted by Gasteiger charge is -2.22. The summed E-state index contributed by atoms with van der Waals surface area (Å²) in [5.41, 5.74) is 8.25. The second kappa shape index (κ2) is 3.95. The van der Waals surface area contributed by atoms with E-state index in [0.29, 0.717) is 24.1 Å². The van der Waals surface area contributed by atoms with E-state index in [1.54, 1.807) is 0 Å². The molecule has 2 atom stereocenters. The Labute approximate surface area is 110 Å². The summed E-state index contributed by atoms with van der Waals surface area (Å²) in [6, 6.07) is 3.58. The molecule has 0 amide bonds. The Bertz CT molecular complexity index is 610. The average molecular weight is 267 g/mol. The third kappa shape index (κ3) is 1.64. The summed E-state index contributed by atoms with van der Waals surface area (Å²) >= 11 is 6.03. The van der Waals surface area contributed by atoms with E-state index in [2.05, 4.69) is 4.98 Å². The van der Waals surface area contributed by atoms with E-state index < -0.39 is 0 Å². The zero-order valence-corrected chi connectivity index (χ0v) is 11.1. The fourth-order valence-electron chi connectivity index (χ4n) is 2.31. The number of aryl methyl sites for hydroxylation is 1. The predicted molar refractivity (Wildman–Crippen MR) is 69.9 cm³/mol. The van der Waals surface area contributed by atoms with Gasteiger partial charge in [-0.15, -0.1) is 0 Å². The van der Waals surface area contributed by atoms with Gasteiger partial charge in [0.05, 0.1) is 18.6 Å².